The van der Waals surface area contributed by atoms with E-state index in [1.165, 1.54) is 12.1 Å². The lowest BCUT2D eigenvalue weighted by atomic mass is 10.2. The lowest BCUT2D eigenvalue weighted by molar-refractivity contribution is -0.124. The fourth-order valence-electron chi connectivity index (χ4n) is 1.58. The van der Waals surface area contributed by atoms with Crippen LogP contribution in [0.4, 0.5) is 0 Å². The summed E-state index contributed by atoms with van der Waals surface area (Å²) in [6, 6.07) is 6.31. The highest BCUT2D eigenvalue weighted by Crippen LogP contribution is 2.17. The zero-order valence-corrected chi connectivity index (χ0v) is 10.2. The summed E-state index contributed by atoms with van der Waals surface area (Å²) < 4.78 is 28.6. The number of amides is 1. The molecule has 1 atom stereocenters. The highest BCUT2D eigenvalue weighted by Gasteiger charge is 2.30. The maximum absolute atomic E-state index is 11.8. The van der Waals surface area contributed by atoms with Crippen LogP contribution in [0.3, 0.4) is 0 Å². The van der Waals surface area contributed by atoms with Crippen LogP contribution in [0.2, 0.25) is 0 Å². The normalized spacial score (nSPS) is 20.3. The number of benzene rings is 1. The Bertz CT molecular complexity index is 521. The Morgan fingerprint density at radius 2 is 1.94 bits per heavy atom. The van der Waals surface area contributed by atoms with Crippen molar-refractivity contribution in [2.75, 3.05) is 6.54 Å². The first kappa shape index (κ1) is 12.1. The topological polar surface area (TPSA) is 72.5 Å². The fourth-order valence-corrected chi connectivity index (χ4v) is 2.65. The second-order valence-electron chi connectivity index (χ2n) is 3.93. The van der Waals surface area contributed by atoms with Gasteiger partial charge in [0.2, 0.25) is 0 Å². The van der Waals surface area contributed by atoms with E-state index in [2.05, 4.69) is 5.32 Å². The average Bonchev–Trinajstić information content (AvgIpc) is 2.64. The number of hydrogen-bond donors (Lipinski definition) is 1. The van der Waals surface area contributed by atoms with Gasteiger partial charge in [0.05, 0.1) is 4.90 Å². The number of nitrogens with one attached hydrogen (secondary N) is 1. The van der Waals surface area contributed by atoms with Crippen LogP contribution in [-0.4, -0.2) is 27.0 Å². The molecule has 0 spiro atoms. The van der Waals surface area contributed by atoms with Gasteiger partial charge in [0, 0.05) is 13.0 Å². The number of rotatable bonds is 3. The Kier molecular flexibility index (Phi) is 3.17. The van der Waals surface area contributed by atoms with Crippen molar-refractivity contribution in [1.82, 2.24) is 5.32 Å². The molecular formula is C11H13NO4S. The van der Waals surface area contributed by atoms with Gasteiger partial charge in [-0.25, -0.2) is 0 Å². The van der Waals surface area contributed by atoms with Gasteiger partial charge in [-0.05, 0) is 19.1 Å². The van der Waals surface area contributed by atoms with E-state index in [1.807, 2.05) is 6.92 Å². The molecule has 0 radical (unpaired) electrons. The first-order chi connectivity index (χ1) is 7.99. The van der Waals surface area contributed by atoms with Crippen molar-refractivity contribution in [2.24, 2.45) is 0 Å². The Balaban J connectivity index is 2.19. The third-order valence-electron chi connectivity index (χ3n) is 2.55. The molecule has 1 heterocycles. The van der Waals surface area contributed by atoms with Crippen molar-refractivity contribution in [2.45, 2.75) is 24.3 Å². The van der Waals surface area contributed by atoms with E-state index >= 15 is 0 Å². The minimum atomic E-state index is -3.85. The van der Waals surface area contributed by atoms with Gasteiger partial charge in [0.25, 0.3) is 16.0 Å². The average molecular weight is 255 g/mol. The van der Waals surface area contributed by atoms with Crippen LogP contribution in [-0.2, 0) is 19.1 Å². The number of hydrogen-bond acceptors (Lipinski definition) is 4. The van der Waals surface area contributed by atoms with E-state index in [-0.39, 0.29) is 10.8 Å². The van der Waals surface area contributed by atoms with Gasteiger partial charge in [-0.2, -0.15) is 8.42 Å². The molecule has 0 unspecified atom stereocenters. The van der Waals surface area contributed by atoms with E-state index in [1.54, 1.807) is 12.1 Å². The van der Waals surface area contributed by atoms with Crippen LogP contribution in [0.15, 0.2) is 29.2 Å². The minimum Gasteiger partial charge on any atom is -0.354 e. The molecule has 0 aromatic heterocycles. The summed E-state index contributed by atoms with van der Waals surface area (Å²) in [6.07, 6.45) is -0.523. The zero-order chi connectivity index (χ0) is 12.5. The largest absolute Gasteiger partial charge is 0.354 e. The van der Waals surface area contributed by atoms with Gasteiger partial charge in [-0.1, -0.05) is 17.7 Å². The lowest BCUT2D eigenvalue weighted by Gasteiger charge is -2.09. The third-order valence-corrected chi connectivity index (χ3v) is 3.89. The SMILES string of the molecule is Cc1ccc(S(=O)(=O)O[C@H]2CCNC2=O)cc1. The van der Waals surface area contributed by atoms with Crippen LogP contribution in [0.1, 0.15) is 12.0 Å². The Hall–Kier alpha value is -1.40. The van der Waals surface area contributed by atoms with Crippen molar-refractivity contribution in [1.29, 1.82) is 0 Å². The molecule has 1 N–H and O–H groups in total. The molecule has 1 aliphatic rings. The molecule has 1 aliphatic heterocycles. The van der Waals surface area contributed by atoms with Crippen molar-refractivity contribution >= 4 is 16.0 Å². The van der Waals surface area contributed by atoms with Gasteiger partial charge in [0.1, 0.15) is 0 Å². The molecular weight excluding hydrogens is 242 g/mol. The lowest BCUT2D eigenvalue weighted by Crippen LogP contribution is -2.27. The highest BCUT2D eigenvalue weighted by atomic mass is 32.2. The molecule has 17 heavy (non-hydrogen) atoms. The van der Waals surface area contributed by atoms with E-state index in [0.717, 1.165) is 5.56 Å². The van der Waals surface area contributed by atoms with Crippen molar-refractivity contribution in [3.05, 3.63) is 29.8 Å². The summed E-state index contributed by atoms with van der Waals surface area (Å²) in [6.45, 7) is 2.31. The molecule has 2 rings (SSSR count). The highest BCUT2D eigenvalue weighted by molar-refractivity contribution is 7.86. The molecule has 6 heteroatoms. The zero-order valence-electron chi connectivity index (χ0n) is 9.34. The van der Waals surface area contributed by atoms with Crippen LogP contribution in [0, 0.1) is 6.92 Å². The molecule has 0 aliphatic carbocycles. The Labute approximate surface area is 99.9 Å². The van der Waals surface area contributed by atoms with Crippen molar-refractivity contribution in [3.63, 3.8) is 0 Å². The molecule has 1 aromatic rings. The predicted octanol–water partition coefficient (Wildman–Crippen LogP) is 0.589. The van der Waals surface area contributed by atoms with Gasteiger partial charge in [-0.15, -0.1) is 0 Å². The molecule has 0 bridgehead atoms. The number of carbonyl (C=O) groups is 1. The molecule has 1 saturated heterocycles. The summed E-state index contributed by atoms with van der Waals surface area (Å²) in [5, 5.41) is 2.52. The van der Waals surface area contributed by atoms with Gasteiger partial charge in [0.15, 0.2) is 6.10 Å². The maximum Gasteiger partial charge on any atom is 0.297 e. The fraction of sp³-hybridized carbons (Fsp3) is 0.364. The maximum atomic E-state index is 11.8. The minimum absolute atomic E-state index is 0.0720. The van der Waals surface area contributed by atoms with E-state index in [9.17, 15) is 13.2 Å². The van der Waals surface area contributed by atoms with E-state index < -0.39 is 16.2 Å². The number of aryl methyl sites for hydroxylation is 1. The summed E-state index contributed by atoms with van der Waals surface area (Å²) >= 11 is 0. The molecule has 1 aromatic carbocycles. The van der Waals surface area contributed by atoms with Gasteiger partial charge in [-0.3, -0.25) is 8.98 Å². The van der Waals surface area contributed by atoms with Crippen LogP contribution in [0.5, 0.6) is 0 Å². The van der Waals surface area contributed by atoms with E-state index in [0.29, 0.717) is 13.0 Å². The summed E-state index contributed by atoms with van der Waals surface area (Å²) in [5.74, 6) is -0.374. The second kappa shape index (κ2) is 4.46. The predicted molar refractivity (Wildman–Crippen MR) is 60.9 cm³/mol. The standard InChI is InChI=1S/C11H13NO4S/c1-8-2-4-9(5-3-8)17(14,15)16-10-6-7-12-11(10)13/h2-5,10H,6-7H2,1H3,(H,12,13)/t10-/m0/s1. The summed E-state index contributed by atoms with van der Waals surface area (Å²) in [5.41, 5.74) is 0.961. The first-order valence-electron chi connectivity index (χ1n) is 5.27. The third kappa shape index (κ3) is 2.65. The molecule has 1 fully saturated rings. The number of carbonyl (C=O) groups excluding carboxylic acids is 1. The van der Waals surface area contributed by atoms with Crippen LogP contribution >= 0.6 is 0 Å². The first-order valence-corrected chi connectivity index (χ1v) is 6.67. The quantitative estimate of drug-likeness (QED) is 0.802. The van der Waals surface area contributed by atoms with Crippen molar-refractivity contribution in [3.8, 4) is 0 Å². The Morgan fingerprint density at radius 3 is 2.47 bits per heavy atom. The molecule has 5 nitrogen and oxygen atoms in total. The van der Waals surface area contributed by atoms with Crippen LogP contribution in [0.25, 0.3) is 0 Å². The molecule has 1 amide bonds. The smallest absolute Gasteiger partial charge is 0.297 e. The monoisotopic (exact) mass is 255 g/mol. The van der Waals surface area contributed by atoms with Crippen LogP contribution < -0.4 is 5.32 Å². The summed E-state index contributed by atoms with van der Waals surface area (Å²) in [7, 11) is -3.85. The van der Waals surface area contributed by atoms with Gasteiger partial charge >= 0.3 is 0 Å². The molecule has 0 saturated carbocycles. The van der Waals surface area contributed by atoms with Crippen molar-refractivity contribution < 1.29 is 17.4 Å². The van der Waals surface area contributed by atoms with E-state index in [4.69, 9.17) is 4.18 Å². The Morgan fingerprint density at radius 1 is 1.29 bits per heavy atom. The molecule has 92 valence electrons. The van der Waals surface area contributed by atoms with Gasteiger partial charge < -0.3 is 5.32 Å². The second-order valence-corrected chi connectivity index (χ2v) is 5.50. The summed E-state index contributed by atoms with van der Waals surface area (Å²) in [4.78, 5) is 11.3.